The molecule has 6 heteroatoms. The Morgan fingerprint density at radius 1 is 1.10 bits per heavy atom. The van der Waals surface area contributed by atoms with Crippen LogP contribution in [0.25, 0.3) is 11.8 Å². The van der Waals surface area contributed by atoms with Gasteiger partial charge in [-0.15, -0.1) is 0 Å². The smallest absolute Gasteiger partial charge is 0.266 e. The molecule has 3 rings (SSSR count). The van der Waals surface area contributed by atoms with Gasteiger partial charge in [-0.25, -0.2) is 0 Å². The summed E-state index contributed by atoms with van der Waals surface area (Å²) < 4.78 is 1.95. The van der Waals surface area contributed by atoms with Crippen molar-refractivity contribution in [1.29, 1.82) is 5.26 Å². The van der Waals surface area contributed by atoms with Crippen molar-refractivity contribution in [2.24, 2.45) is 0 Å². The molecule has 0 saturated heterocycles. The van der Waals surface area contributed by atoms with Crippen LogP contribution in [0.5, 0.6) is 0 Å². The van der Waals surface area contributed by atoms with Crippen molar-refractivity contribution in [1.82, 2.24) is 4.57 Å². The third-order valence-corrected chi connectivity index (χ3v) is 5.39. The number of rotatable bonds is 4. The van der Waals surface area contributed by atoms with E-state index in [1.54, 1.807) is 18.2 Å². The highest BCUT2D eigenvalue weighted by Crippen LogP contribution is 2.32. The molecule has 0 aliphatic rings. The Labute approximate surface area is 180 Å². The summed E-state index contributed by atoms with van der Waals surface area (Å²) in [5.41, 5.74) is 4.95. The van der Waals surface area contributed by atoms with Crippen LogP contribution < -0.4 is 5.32 Å². The lowest BCUT2D eigenvalue weighted by Gasteiger charge is -2.12. The molecule has 4 nitrogen and oxygen atoms in total. The molecule has 1 heterocycles. The van der Waals surface area contributed by atoms with E-state index in [1.165, 1.54) is 0 Å². The van der Waals surface area contributed by atoms with Crippen LogP contribution in [-0.2, 0) is 4.79 Å². The first-order valence-corrected chi connectivity index (χ1v) is 9.70. The van der Waals surface area contributed by atoms with E-state index in [0.29, 0.717) is 15.7 Å². The molecule has 0 aliphatic heterocycles. The number of aromatic nitrogens is 1. The first-order valence-electron chi connectivity index (χ1n) is 8.95. The number of amides is 1. The second-order valence-electron chi connectivity index (χ2n) is 6.73. The van der Waals surface area contributed by atoms with E-state index in [1.807, 2.05) is 67.8 Å². The van der Waals surface area contributed by atoms with Gasteiger partial charge in [0.25, 0.3) is 5.91 Å². The first kappa shape index (κ1) is 20.7. The number of nitrogens with one attached hydrogen (secondary N) is 1. The van der Waals surface area contributed by atoms with E-state index < -0.39 is 5.91 Å². The van der Waals surface area contributed by atoms with Crippen LogP contribution in [-0.4, -0.2) is 10.5 Å². The maximum absolute atomic E-state index is 12.6. The lowest BCUT2D eigenvalue weighted by Crippen LogP contribution is -2.13. The summed E-state index contributed by atoms with van der Waals surface area (Å²) in [6.07, 6.45) is 1.59. The van der Waals surface area contributed by atoms with E-state index in [9.17, 15) is 10.1 Å². The molecular formula is C23H19Cl2N3O. The van der Waals surface area contributed by atoms with Gasteiger partial charge in [-0.3, -0.25) is 4.79 Å². The zero-order valence-electron chi connectivity index (χ0n) is 16.3. The largest absolute Gasteiger partial charge is 0.321 e. The van der Waals surface area contributed by atoms with E-state index in [4.69, 9.17) is 23.2 Å². The monoisotopic (exact) mass is 423 g/mol. The average Bonchev–Trinajstić information content (AvgIpc) is 2.95. The molecule has 29 heavy (non-hydrogen) atoms. The number of carbonyl (C=O) groups excluding carboxylic acids is 1. The molecule has 1 N–H and O–H groups in total. The number of carbonyl (C=O) groups is 1. The van der Waals surface area contributed by atoms with Gasteiger partial charge in [-0.2, -0.15) is 5.26 Å². The molecule has 1 aromatic heterocycles. The van der Waals surface area contributed by atoms with E-state index >= 15 is 0 Å². The number of hydrogen-bond donors (Lipinski definition) is 1. The van der Waals surface area contributed by atoms with E-state index in [-0.39, 0.29) is 5.57 Å². The molecule has 1 amide bonds. The number of nitriles is 1. The molecule has 0 aliphatic carbocycles. The number of halogens is 2. The van der Waals surface area contributed by atoms with Crippen LogP contribution in [0.1, 0.15) is 22.5 Å². The SMILES string of the molecule is Cc1cccc(NC(=O)/C(C#N)=C\c2cc(C)n(-c3cccc(Cl)c3Cl)c2C)c1. The Hall–Kier alpha value is -3.00. The fraction of sp³-hybridized carbons (Fsp3) is 0.130. The quantitative estimate of drug-likeness (QED) is 0.397. The summed E-state index contributed by atoms with van der Waals surface area (Å²) >= 11 is 12.5. The van der Waals surface area contributed by atoms with Crippen molar-refractivity contribution in [2.45, 2.75) is 20.8 Å². The van der Waals surface area contributed by atoms with Gasteiger partial charge in [-0.1, -0.05) is 41.4 Å². The van der Waals surface area contributed by atoms with Gasteiger partial charge < -0.3 is 9.88 Å². The summed E-state index contributed by atoms with van der Waals surface area (Å²) in [7, 11) is 0. The number of nitrogens with zero attached hydrogens (tertiary/aromatic N) is 2. The average molecular weight is 424 g/mol. The fourth-order valence-electron chi connectivity index (χ4n) is 3.19. The van der Waals surface area contributed by atoms with Crippen molar-refractivity contribution in [3.63, 3.8) is 0 Å². The zero-order valence-corrected chi connectivity index (χ0v) is 17.8. The Bertz CT molecular complexity index is 1170. The van der Waals surface area contributed by atoms with Gasteiger partial charge in [0.1, 0.15) is 11.6 Å². The molecule has 0 unspecified atom stereocenters. The summed E-state index contributed by atoms with van der Waals surface area (Å²) in [5.74, 6) is -0.455. The van der Waals surface area contributed by atoms with Crippen molar-refractivity contribution in [3.8, 4) is 11.8 Å². The summed E-state index contributed by atoms with van der Waals surface area (Å²) in [4.78, 5) is 12.6. The molecule has 146 valence electrons. The van der Waals surface area contributed by atoms with Gasteiger partial charge in [0, 0.05) is 17.1 Å². The van der Waals surface area contributed by atoms with Crippen LogP contribution in [0.3, 0.4) is 0 Å². The Morgan fingerprint density at radius 3 is 2.52 bits per heavy atom. The molecule has 0 spiro atoms. The summed E-state index contributed by atoms with van der Waals surface area (Å²) in [6.45, 7) is 5.77. The molecule has 3 aromatic rings. The molecule has 0 bridgehead atoms. The zero-order chi connectivity index (χ0) is 21.1. The predicted molar refractivity (Wildman–Crippen MR) is 119 cm³/mol. The topological polar surface area (TPSA) is 57.8 Å². The Balaban J connectivity index is 1.98. The molecule has 0 saturated carbocycles. The van der Waals surface area contributed by atoms with E-state index in [2.05, 4.69) is 5.32 Å². The van der Waals surface area contributed by atoms with Gasteiger partial charge in [-0.05, 0) is 68.3 Å². The van der Waals surface area contributed by atoms with Crippen molar-refractivity contribution in [3.05, 3.63) is 86.7 Å². The highest BCUT2D eigenvalue weighted by molar-refractivity contribution is 6.43. The number of anilines is 1. The van der Waals surface area contributed by atoms with Gasteiger partial charge in [0.05, 0.1) is 15.7 Å². The second-order valence-corrected chi connectivity index (χ2v) is 7.51. The normalized spacial score (nSPS) is 11.2. The number of benzene rings is 2. The van der Waals surface area contributed by atoms with Crippen LogP contribution >= 0.6 is 23.2 Å². The third kappa shape index (κ3) is 4.37. The van der Waals surface area contributed by atoms with Crippen LogP contribution in [0.4, 0.5) is 5.69 Å². The fourth-order valence-corrected chi connectivity index (χ4v) is 3.57. The molecular weight excluding hydrogens is 405 g/mol. The second kappa shape index (κ2) is 8.57. The lowest BCUT2D eigenvalue weighted by atomic mass is 10.1. The number of aryl methyl sites for hydroxylation is 2. The summed E-state index contributed by atoms with van der Waals surface area (Å²) in [6, 6.07) is 16.7. The maximum atomic E-state index is 12.6. The molecule has 2 aromatic carbocycles. The minimum Gasteiger partial charge on any atom is -0.321 e. The minimum absolute atomic E-state index is 0.0175. The highest BCUT2D eigenvalue weighted by Gasteiger charge is 2.16. The van der Waals surface area contributed by atoms with Crippen LogP contribution in [0.15, 0.2) is 54.1 Å². The standard InChI is InChI=1S/C23H19Cl2N3O/c1-14-6-4-7-19(10-14)27-23(29)18(13-26)12-17-11-15(2)28(16(17)3)21-9-5-8-20(24)22(21)25/h4-12H,1-3H3,(H,27,29)/b18-12-. The Kier molecular flexibility index (Phi) is 6.12. The third-order valence-electron chi connectivity index (χ3n) is 4.58. The van der Waals surface area contributed by atoms with Crippen molar-refractivity contribution in [2.75, 3.05) is 5.32 Å². The highest BCUT2D eigenvalue weighted by atomic mass is 35.5. The van der Waals surface area contributed by atoms with Crippen LogP contribution in [0, 0.1) is 32.1 Å². The predicted octanol–water partition coefficient (Wildman–Crippen LogP) is 6.26. The van der Waals surface area contributed by atoms with Gasteiger partial charge >= 0.3 is 0 Å². The molecule has 0 radical (unpaired) electrons. The number of hydrogen-bond acceptors (Lipinski definition) is 2. The lowest BCUT2D eigenvalue weighted by molar-refractivity contribution is -0.112. The van der Waals surface area contributed by atoms with Gasteiger partial charge in [0.15, 0.2) is 0 Å². The van der Waals surface area contributed by atoms with Crippen LogP contribution in [0.2, 0.25) is 10.0 Å². The van der Waals surface area contributed by atoms with E-state index in [0.717, 1.165) is 28.2 Å². The Morgan fingerprint density at radius 2 is 1.83 bits per heavy atom. The first-order chi connectivity index (χ1) is 13.8. The molecule has 0 fully saturated rings. The van der Waals surface area contributed by atoms with Crippen molar-refractivity contribution < 1.29 is 4.79 Å². The van der Waals surface area contributed by atoms with Gasteiger partial charge in [0.2, 0.25) is 0 Å². The van der Waals surface area contributed by atoms with Crippen molar-refractivity contribution >= 4 is 40.9 Å². The molecule has 0 atom stereocenters. The minimum atomic E-state index is -0.455. The maximum Gasteiger partial charge on any atom is 0.266 e. The summed E-state index contributed by atoms with van der Waals surface area (Å²) in [5, 5.41) is 13.2.